The third kappa shape index (κ3) is 3.26. The molecule has 0 rings (SSSR count). The average Bonchev–Trinajstić information content (AvgIpc) is 1.87. The van der Waals surface area contributed by atoms with Gasteiger partial charge in [0.25, 0.3) is 0 Å². The van der Waals surface area contributed by atoms with E-state index in [2.05, 4.69) is 13.8 Å². The summed E-state index contributed by atoms with van der Waals surface area (Å²) < 4.78 is 48.8. The van der Waals surface area contributed by atoms with E-state index in [4.69, 9.17) is 0 Å². The molecule has 0 fully saturated rings. The average molecular weight is 196 g/mol. The smallest absolute Gasteiger partial charge is 0.566 e. The Morgan fingerprint density at radius 1 is 1.40 bits per heavy atom. The van der Waals surface area contributed by atoms with E-state index in [1.54, 1.807) is 0 Å². The lowest BCUT2D eigenvalue weighted by Crippen LogP contribution is -1.91. The van der Waals surface area contributed by atoms with Crippen LogP contribution in [0, 0.1) is 0 Å². The van der Waals surface area contributed by atoms with Crippen LogP contribution in [0.4, 0.5) is 9.05 Å². The van der Waals surface area contributed by atoms with Crippen LogP contribution in [0.5, 0.6) is 0 Å². The summed E-state index contributed by atoms with van der Waals surface area (Å²) in [5.74, 6) is 0. The van der Waals surface area contributed by atoms with Crippen molar-refractivity contribution in [2.24, 2.45) is 0 Å². The molecule has 0 aromatic heterocycles. The lowest BCUT2D eigenvalue weighted by molar-refractivity contribution is -0.185. The molecule has 1 unspecified atom stereocenters. The van der Waals surface area contributed by atoms with Crippen LogP contribution >= 0.6 is 16.1 Å². The van der Waals surface area contributed by atoms with Crippen molar-refractivity contribution in [1.29, 1.82) is 0 Å². The molecule has 1 atom stereocenters. The molecule has 0 saturated carbocycles. The quantitative estimate of drug-likeness (QED) is 0.621. The molecule has 0 aromatic carbocycles. The lowest BCUT2D eigenvalue weighted by atomic mass is 15.5. The van der Waals surface area contributed by atoms with Gasteiger partial charge in [0.2, 0.25) is 0 Å². The normalized spacial score (nSPS) is 13.3. The summed E-state index contributed by atoms with van der Waals surface area (Å²) in [4.78, 5) is 9.48. The number of halogens is 2. The van der Waals surface area contributed by atoms with E-state index in [-0.39, 0.29) is 0 Å². The molecule has 0 amide bonds. The van der Waals surface area contributed by atoms with E-state index >= 15 is 0 Å². The molecule has 0 saturated heterocycles. The number of hydrogen-bond donors (Lipinski definition) is 0. The standard InChI is InChI=1S/F2O6P2/c1-6-10(5,7-2)8-9(3)4. The van der Waals surface area contributed by atoms with E-state index in [1.807, 2.05) is 0 Å². The van der Waals surface area contributed by atoms with Crippen LogP contribution in [-0.4, -0.2) is 0 Å². The fourth-order valence-electron chi connectivity index (χ4n) is 0.117. The third-order valence-corrected chi connectivity index (χ3v) is 2.01. The van der Waals surface area contributed by atoms with Gasteiger partial charge in [0.1, 0.15) is 0 Å². The predicted octanol–water partition coefficient (Wildman–Crippen LogP) is 0.931. The van der Waals surface area contributed by atoms with Gasteiger partial charge in [0, 0.05) is 0 Å². The Kier molecular flexibility index (Phi) is 4.04. The van der Waals surface area contributed by atoms with Gasteiger partial charge >= 0.3 is 16.1 Å². The maximum atomic E-state index is 10.9. The van der Waals surface area contributed by atoms with Crippen molar-refractivity contribution in [2.45, 2.75) is 0 Å². The zero-order valence-electron chi connectivity index (χ0n) is 4.10. The van der Waals surface area contributed by atoms with Gasteiger partial charge in [-0.05, 0) is 17.9 Å². The molecule has 60 valence electrons. The first-order valence-electron chi connectivity index (χ1n) is 1.59. The fourth-order valence-corrected chi connectivity index (χ4v) is 0.994. The highest BCUT2D eigenvalue weighted by molar-refractivity contribution is 7.55. The van der Waals surface area contributed by atoms with E-state index in [1.165, 1.54) is 0 Å². The molecule has 0 aliphatic rings. The van der Waals surface area contributed by atoms with Crippen molar-refractivity contribution < 1.29 is 36.8 Å². The summed E-state index contributed by atoms with van der Waals surface area (Å²) in [5, 5.41) is 0. The Bertz CT molecular complexity index is 157. The topological polar surface area (TPSA) is 84.9 Å². The van der Waals surface area contributed by atoms with Gasteiger partial charge in [-0.1, -0.05) is 9.46 Å². The van der Waals surface area contributed by atoms with Gasteiger partial charge in [0.15, 0.2) is 0 Å². The van der Waals surface area contributed by atoms with Gasteiger partial charge in [-0.2, -0.15) is 0 Å². The van der Waals surface area contributed by atoms with E-state index in [0.29, 0.717) is 0 Å². The van der Waals surface area contributed by atoms with Crippen molar-refractivity contribution in [1.82, 2.24) is 0 Å². The van der Waals surface area contributed by atoms with Gasteiger partial charge in [-0.25, -0.2) is 4.57 Å². The molecule has 0 spiro atoms. The Labute approximate surface area is 54.1 Å². The van der Waals surface area contributed by atoms with Crippen LogP contribution in [0.3, 0.4) is 0 Å². The summed E-state index contributed by atoms with van der Waals surface area (Å²) in [6, 6.07) is 0. The first kappa shape index (κ1) is 10.0. The summed E-state index contributed by atoms with van der Waals surface area (Å²) in [7, 11) is -8.86. The van der Waals surface area contributed by atoms with E-state index < -0.39 is 16.1 Å². The van der Waals surface area contributed by atoms with Crippen LogP contribution in [0.15, 0.2) is 0 Å². The summed E-state index contributed by atoms with van der Waals surface area (Å²) in [6.07, 6.45) is 0. The Balaban J connectivity index is 4.07. The molecule has 0 aliphatic heterocycles. The predicted molar refractivity (Wildman–Crippen MR) is 20.7 cm³/mol. The lowest BCUT2D eigenvalue weighted by Gasteiger charge is -1.96. The summed E-state index contributed by atoms with van der Waals surface area (Å²) >= 11 is 0. The molecule has 0 bridgehead atoms. The van der Waals surface area contributed by atoms with Gasteiger partial charge < -0.3 is 4.89 Å². The second-order valence-corrected chi connectivity index (χ2v) is 3.16. The molecule has 0 radical (unpaired) electrons. The molecule has 0 heterocycles. The second-order valence-electron chi connectivity index (χ2n) is 0.890. The van der Waals surface area contributed by atoms with Crippen molar-refractivity contribution in [3.8, 4) is 0 Å². The van der Waals surface area contributed by atoms with Crippen LogP contribution in [-0.2, 0) is 22.9 Å². The zero-order chi connectivity index (χ0) is 8.20. The van der Waals surface area contributed by atoms with Crippen LogP contribution in [0.25, 0.3) is 0 Å². The third-order valence-electron chi connectivity index (χ3n) is 0.336. The minimum Gasteiger partial charge on any atom is -0.566 e. The van der Waals surface area contributed by atoms with E-state index in [9.17, 15) is 23.1 Å². The molecule has 0 N–H and O–H groups in total. The molecule has 0 aromatic rings. The zero-order valence-corrected chi connectivity index (χ0v) is 5.89. The first-order chi connectivity index (χ1) is 4.54. The number of phosphoric acid groups is 1. The highest BCUT2D eigenvalue weighted by Crippen LogP contribution is 2.55. The number of rotatable bonds is 4. The SMILES string of the molecule is O=[P+]([O-])OP(=O)(OF)OF. The molecular formula is F2O6P2. The highest BCUT2D eigenvalue weighted by Gasteiger charge is 2.37. The fraction of sp³-hybridized carbons (Fsp3) is 0. The van der Waals surface area contributed by atoms with Gasteiger partial charge in [-0.3, -0.25) is 0 Å². The highest BCUT2D eigenvalue weighted by atomic mass is 31.2. The summed E-state index contributed by atoms with van der Waals surface area (Å²) in [5.41, 5.74) is 0. The maximum Gasteiger partial charge on any atom is 0.580 e. The molecule has 6 nitrogen and oxygen atoms in total. The summed E-state index contributed by atoms with van der Waals surface area (Å²) in [6.45, 7) is 0. The van der Waals surface area contributed by atoms with Crippen molar-refractivity contribution in [3.05, 3.63) is 0 Å². The second kappa shape index (κ2) is 4.02. The van der Waals surface area contributed by atoms with Gasteiger partial charge in [-0.15, -0.1) is 0 Å². The Morgan fingerprint density at radius 2 is 1.80 bits per heavy atom. The molecule has 10 heavy (non-hydrogen) atoms. The first-order valence-corrected chi connectivity index (χ1v) is 4.14. The van der Waals surface area contributed by atoms with Crippen LogP contribution < -0.4 is 4.89 Å². The molecular weight excluding hydrogens is 196 g/mol. The molecule has 10 heteroatoms. The van der Waals surface area contributed by atoms with Crippen LogP contribution in [0.2, 0.25) is 0 Å². The molecule has 0 aliphatic carbocycles. The largest absolute Gasteiger partial charge is 0.580 e. The van der Waals surface area contributed by atoms with Gasteiger partial charge in [0.05, 0.1) is 0 Å². The Hall–Kier alpha value is 0.0300. The minimum atomic E-state index is -5.17. The van der Waals surface area contributed by atoms with Crippen molar-refractivity contribution in [2.75, 3.05) is 0 Å². The Morgan fingerprint density at radius 3 is 1.90 bits per heavy atom. The van der Waals surface area contributed by atoms with Crippen molar-refractivity contribution in [3.63, 3.8) is 0 Å². The van der Waals surface area contributed by atoms with E-state index in [0.717, 1.165) is 0 Å². The number of hydrogen-bond acceptors (Lipinski definition) is 6. The minimum absolute atomic E-state index is 2.25. The maximum absolute atomic E-state index is 10.9. The van der Waals surface area contributed by atoms with Crippen LogP contribution in [0.1, 0.15) is 0 Å². The van der Waals surface area contributed by atoms with Crippen molar-refractivity contribution >= 4 is 16.1 Å². The monoisotopic (exact) mass is 196 g/mol.